The van der Waals surface area contributed by atoms with Gasteiger partial charge in [0, 0.05) is 31.3 Å². The first-order valence-electron chi connectivity index (χ1n) is 12.7. The molecule has 2 heterocycles. The summed E-state index contributed by atoms with van der Waals surface area (Å²) in [5.41, 5.74) is 2.33. The number of halogens is 2. The number of ether oxygens (including phenoxy) is 1. The molecular formula is C28H33F2N3O2S. The summed E-state index contributed by atoms with van der Waals surface area (Å²) in [4.78, 5) is 20.5. The van der Waals surface area contributed by atoms with Gasteiger partial charge in [-0.1, -0.05) is 48.5 Å². The van der Waals surface area contributed by atoms with Gasteiger partial charge in [0.2, 0.25) is 0 Å². The highest BCUT2D eigenvalue weighted by Crippen LogP contribution is 2.34. The second-order valence-corrected chi connectivity index (χ2v) is 11.2. The summed E-state index contributed by atoms with van der Waals surface area (Å²) >= 11 is 1.39. The van der Waals surface area contributed by atoms with Gasteiger partial charge in [-0.25, -0.2) is 13.8 Å². The van der Waals surface area contributed by atoms with E-state index in [9.17, 15) is 18.8 Å². The number of aromatic nitrogens is 1. The number of alkyl halides is 2. The molecule has 192 valence electrons. The van der Waals surface area contributed by atoms with Crippen LogP contribution in [0, 0.1) is 23.2 Å². The van der Waals surface area contributed by atoms with Gasteiger partial charge >= 0.3 is 0 Å². The molecule has 5 nitrogen and oxygen atoms in total. The molecule has 0 N–H and O–H groups in total. The van der Waals surface area contributed by atoms with Gasteiger partial charge in [-0.2, -0.15) is 5.26 Å². The topological polar surface area (TPSA) is 66.2 Å². The molecule has 2 aliphatic rings. The standard InChI is InChI=1S/C28H33F2N3O2S/c1-28(29,30)19-35-27-32-25-18-33(15-13-26(25)36-27)14-12-20-6-8-21(9-7-20)16-24(34)11-10-22-4-2-3-5-23(22)17-31/h2-5,10-11,20-21H,6-9,12-16,18-19H2,1H3/b11-10+. The number of nitriles is 1. The number of carbonyl (C=O) groups is 1. The number of hydrogen-bond donors (Lipinski definition) is 0. The minimum Gasteiger partial charge on any atom is -0.464 e. The summed E-state index contributed by atoms with van der Waals surface area (Å²) in [6.45, 7) is 2.94. The van der Waals surface area contributed by atoms with Crippen LogP contribution in [0.1, 0.15) is 67.1 Å². The van der Waals surface area contributed by atoms with E-state index >= 15 is 0 Å². The Kier molecular flexibility index (Phi) is 8.86. The van der Waals surface area contributed by atoms with E-state index in [1.54, 1.807) is 18.2 Å². The van der Waals surface area contributed by atoms with Crippen molar-refractivity contribution in [2.75, 3.05) is 19.7 Å². The van der Waals surface area contributed by atoms with Gasteiger partial charge in [0.05, 0.1) is 17.3 Å². The second kappa shape index (κ2) is 12.1. The molecule has 0 radical (unpaired) electrons. The fourth-order valence-corrected chi connectivity index (χ4v) is 5.94. The van der Waals surface area contributed by atoms with Crippen molar-refractivity contribution in [3.05, 3.63) is 52.0 Å². The SMILES string of the molecule is CC(F)(F)COc1nc2c(s1)CCN(CCC1CCC(CC(=O)/C=C/c3ccccc3C#N)CC1)C2. The summed E-state index contributed by atoms with van der Waals surface area (Å²) in [6.07, 6.45) is 10.4. The van der Waals surface area contributed by atoms with Crippen LogP contribution in [0.4, 0.5) is 8.78 Å². The van der Waals surface area contributed by atoms with Gasteiger partial charge < -0.3 is 4.74 Å². The molecular weight excluding hydrogens is 480 g/mol. The molecule has 1 aromatic heterocycles. The molecule has 1 aromatic carbocycles. The fourth-order valence-electron chi connectivity index (χ4n) is 5.04. The average Bonchev–Trinajstić information content (AvgIpc) is 3.28. The largest absolute Gasteiger partial charge is 0.464 e. The molecule has 0 atom stereocenters. The van der Waals surface area contributed by atoms with Gasteiger partial charge in [0.15, 0.2) is 12.4 Å². The summed E-state index contributed by atoms with van der Waals surface area (Å²) in [5, 5.41) is 9.53. The number of ketones is 1. The summed E-state index contributed by atoms with van der Waals surface area (Å²) in [5.74, 6) is -1.61. The van der Waals surface area contributed by atoms with E-state index in [2.05, 4.69) is 16.0 Å². The molecule has 2 aromatic rings. The van der Waals surface area contributed by atoms with Gasteiger partial charge in [0.1, 0.15) is 0 Å². The molecule has 1 fully saturated rings. The van der Waals surface area contributed by atoms with E-state index in [4.69, 9.17) is 4.74 Å². The second-order valence-electron chi connectivity index (χ2n) is 10.1. The lowest BCUT2D eigenvalue weighted by molar-refractivity contribution is -0.115. The summed E-state index contributed by atoms with van der Waals surface area (Å²) in [7, 11) is 0. The molecule has 0 spiro atoms. The maximum absolute atomic E-state index is 13.1. The molecule has 1 aliphatic heterocycles. The quantitative estimate of drug-likeness (QED) is 0.350. The zero-order chi connectivity index (χ0) is 25.5. The summed E-state index contributed by atoms with van der Waals surface area (Å²) < 4.78 is 31.3. The molecule has 0 bridgehead atoms. The average molecular weight is 514 g/mol. The molecule has 4 rings (SSSR count). The van der Waals surface area contributed by atoms with Gasteiger partial charge in [0.25, 0.3) is 11.1 Å². The lowest BCUT2D eigenvalue weighted by Gasteiger charge is -2.31. The first kappa shape index (κ1) is 26.4. The van der Waals surface area contributed by atoms with Crippen molar-refractivity contribution in [1.29, 1.82) is 5.26 Å². The van der Waals surface area contributed by atoms with Crippen LogP contribution < -0.4 is 4.74 Å². The summed E-state index contributed by atoms with van der Waals surface area (Å²) in [6, 6.07) is 9.46. The van der Waals surface area contributed by atoms with Crippen LogP contribution in [0.2, 0.25) is 0 Å². The maximum atomic E-state index is 13.1. The number of fused-ring (bicyclic) bond motifs is 1. The Morgan fingerprint density at radius 2 is 2.03 bits per heavy atom. The molecule has 36 heavy (non-hydrogen) atoms. The Morgan fingerprint density at radius 3 is 2.78 bits per heavy atom. The Labute approximate surface area is 215 Å². The number of nitrogens with zero attached hydrogens (tertiary/aromatic N) is 3. The highest BCUT2D eigenvalue weighted by molar-refractivity contribution is 7.13. The normalized spacial score (nSPS) is 20.7. The van der Waals surface area contributed by atoms with Crippen molar-refractivity contribution in [2.45, 2.75) is 64.3 Å². The van der Waals surface area contributed by atoms with Crippen LogP contribution in [-0.2, 0) is 17.8 Å². The molecule has 0 amide bonds. The van der Waals surface area contributed by atoms with Crippen molar-refractivity contribution in [1.82, 2.24) is 9.88 Å². The number of thiazole rings is 1. The van der Waals surface area contributed by atoms with Gasteiger partial charge in [-0.05, 0) is 61.8 Å². The van der Waals surface area contributed by atoms with E-state index in [-0.39, 0.29) is 5.78 Å². The lowest BCUT2D eigenvalue weighted by atomic mass is 9.78. The van der Waals surface area contributed by atoms with Crippen LogP contribution in [0.15, 0.2) is 30.3 Å². The Morgan fingerprint density at radius 1 is 1.28 bits per heavy atom. The van der Waals surface area contributed by atoms with E-state index < -0.39 is 12.5 Å². The van der Waals surface area contributed by atoms with Crippen molar-refractivity contribution in [2.24, 2.45) is 11.8 Å². The first-order valence-corrected chi connectivity index (χ1v) is 13.5. The van der Waals surface area contributed by atoms with Gasteiger partial charge in [-0.15, -0.1) is 0 Å². The van der Waals surface area contributed by atoms with E-state index in [1.807, 2.05) is 18.2 Å². The van der Waals surface area contributed by atoms with Gasteiger partial charge in [-0.3, -0.25) is 9.69 Å². The van der Waals surface area contributed by atoms with Crippen molar-refractivity contribution < 1.29 is 18.3 Å². The highest BCUT2D eigenvalue weighted by atomic mass is 32.1. The number of rotatable bonds is 10. The van der Waals surface area contributed by atoms with Crippen LogP contribution in [-0.4, -0.2) is 41.3 Å². The van der Waals surface area contributed by atoms with Crippen molar-refractivity contribution in [3.8, 4) is 11.3 Å². The van der Waals surface area contributed by atoms with Crippen molar-refractivity contribution in [3.63, 3.8) is 0 Å². The minimum atomic E-state index is -2.86. The van der Waals surface area contributed by atoms with Crippen LogP contribution in [0.3, 0.4) is 0 Å². The number of hydrogen-bond acceptors (Lipinski definition) is 6. The number of allylic oxidation sites excluding steroid dienone is 1. The zero-order valence-corrected chi connectivity index (χ0v) is 21.5. The third-order valence-corrected chi connectivity index (χ3v) is 8.15. The molecule has 8 heteroatoms. The predicted molar refractivity (Wildman–Crippen MR) is 137 cm³/mol. The zero-order valence-electron chi connectivity index (χ0n) is 20.7. The van der Waals surface area contributed by atoms with Crippen LogP contribution >= 0.6 is 11.3 Å². The lowest BCUT2D eigenvalue weighted by Crippen LogP contribution is -2.32. The first-order chi connectivity index (χ1) is 17.3. The predicted octanol–water partition coefficient (Wildman–Crippen LogP) is 6.28. The van der Waals surface area contributed by atoms with Crippen molar-refractivity contribution >= 4 is 23.2 Å². The van der Waals surface area contributed by atoms with E-state index in [0.29, 0.717) is 29.0 Å². The molecule has 0 saturated heterocycles. The monoisotopic (exact) mass is 513 g/mol. The van der Waals surface area contributed by atoms with Crippen LogP contribution in [0.5, 0.6) is 5.19 Å². The van der Waals surface area contributed by atoms with E-state index in [1.165, 1.54) is 11.3 Å². The maximum Gasteiger partial charge on any atom is 0.278 e. The van der Waals surface area contributed by atoms with Crippen LogP contribution in [0.25, 0.3) is 6.08 Å². The third kappa shape index (κ3) is 7.68. The van der Waals surface area contributed by atoms with E-state index in [0.717, 1.165) is 81.2 Å². The molecule has 1 saturated carbocycles. The fraction of sp³-hybridized carbons (Fsp3) is 0.536. The Balaban J connectivity index is 1.16. The Bertz CT molecular complexity index is 1110. The molecule has 0 unspecified atom stereocenters. The number of benzene rings is 1. The minimum absolute atomic E-state index is 0.129. The number of carbonyl (C=O) groups excluding carboxylic acids is 1. The molecule has 1 aliphatic carbocycles. The highest BCUT2D eigenvalue weighted by Gasteiger charge is 2.27. The third-order valence-electron chi connectivity index (χ3n) is 7.08. The smallest absolute Gasteiger partial charge is 0.278 e. The Hall–Kier alpha value is -2.63.